The molecule has 1 aliphatic carbocycles. The molecule has 56 heavy (non-hydrogen) atoms. The fourth-order valence-electron chi connectivity index (χ4n) is 9.04. The molecule has 290 valence electrons. The first-order chi connectivity index (χ1) is 27.1. The van der Waals surface area contributed by atoms with Gasteiger partial charge in [0.25, 0.3) is 11.8 Å². The van der Waals surface area contributed by atoms with Crippen LogP contribution in [0.2, 0.25) is 10.0 Å². The highest BCUT2D eigenvalue weighted by molar-refractivity contribution is 6.42. The second-order valence-electron chi connectivity index (χ2n) is 15.2. The number of carbonyl (C=O) groups excluding carboxylic acids is 4. The van der Waals surface area contributed by atoms with E-state index in [-0.39, 0.29) is 34.7 Å². The normalized spacial score (nSPS) is 24.9. The largest absolute Gasteiger partial charge is 0.493 e. The third-order valence-corrected chi connectivity index (χ3v) is 12.7. The molecule has 5 aliphatic rings. The lowest BCUT2D eigenvalue weighted by Crippen LogP contribution is -2.54. The van der Waals surface area contributed by atoms with E-state index < -0.39 is 35.5 Å². The van der Waals surface area contributed by atoms with E-state index in [0.717, 1.165) is 62.3 Å². The van der Waals surface area contributed by atoms with Gasteiger partial charge in [-0.15, -0.1) is 0 Å². The van der Waals surface area contributed by atoms with Gasteiger partial charge in [0.1, 0.15) is 18.2 Å². The molecule has 3 unspecified atom stereocenters. The van der Waals surface area contributed by atoms with Crippen molar-refractivity contribution in [1.82, 2.24) is 25.1 Å². The molecule has 0 spiro atoms. The van der Waals surface area contributed by atoms with Crippen LogP contribution in [0.15, 0.2) is 48.8 Å². The molecule has 1 saturated carbocycles. The van der Waals surface area contributed by atoms with Gasteiger partial charge in [-0.25, -0.2) is 14.4 Å². The van der Waals surface area contributed by atoms with E-state index in [1.807, 2.05) is 12.1 Å². The third-order valence-electron chi connectivity index (χ3n) is 11.9. The number of hydrogen-bond donors (Lipinski definition) is 2. The van der Waals surface area contributed by atoms with Crippen LogP contribution in [0.25, 0.3) is 10.9 Å². The minimum atomic E-state index is -0.982. The van der Waals surface area contributed by atoms with Crippen molar-refractivity contribution in [2.24, 2.45) is 5.92 Å². The second-order valence-corrected chi connectivity index (χ2v) is 16.0. The van der Waals surface area contributed by atoms with Gasteiger partial charge in [0.05, 0.1) is 45.6 Å². The number of likely N-dealkylation sites (tertiary alicyclic amines) is 1. The zero-order chi connectivity index (χ0) is 38.8. The van der Waals surface area contributed by atoms with Gasteiger partial charge in [-0.1, -0.05) is 23.2 Å². The minimum Gasteiger partial charge on any atom is -0.493 e. The van der Waals surface area contributed by atoms with Crippen LogP contribution in [-0.2, 0) is 9.59 Å². The number of piperazine rings is 1. The molecule has 2 N–H and O–H groups in total. The molecule has 4 amide bonds. The van der Waals surface area contributed by atoms with E-state index in [4.69, 9.17) is 32.7 Å². The number of carbonyl (C=O) groups is 4. The Morgan fingerprint density at radius 2 is 1.71 bits per heavy atom. The number of piperidine rings is 1. The predicted octanol–water partition coefficient (Wildman–Crippen LogP) is 6.13. The van der Waals surface area contributed by atoms with Crippen LogP contribution in [0.3, 0.4) is 0 Å². The number of ether oxygens (including phenoxy) is 2. The zero-order valence-electron chi connectivity index (χ0n) is 30.4. The van der Waals surface area contributed by atoms with Crippen LogP contribution in [0.4, 0.5) is 21.6 Å². The third kappa shape index (κ3) is 6.46. The number of imide groups is 2. The number of methoxy groups -OCH3 is 1. The Balaban J connectivity index is 0.810. The summed E-state index contributed by atoms with van der Waals surface area (Å²) in [6.45, 7) is 2.77. The lowest BCUT2D eigenvalue weighted by Gasteiger charge is -2.38. The summed E-state index contributed by atoms with van der Waals surface area (Å²) in [5.41, 5.74) is 2.24. The minimum absolute atomic E-state index is 0.00279. The number of nitrogens with zero attached hydrogens (tertiary/aromatic N) is 5. The van der Waals surface area contributed by atoms with Crippen molar-refractivity contribution in [3.8, 4) is 11.5 Å². The van der Waals surface area contributed by atoms with Gasteiger partial charge >= 0.3 is 0 Å². The number of halogens is 3. The fraction of sp³-hybridized carbons (Fsp3) is 0.400. The van der Waals surface area contributed by atoms with Crippen molar-refractivity contribution in [1.29, 1.82) is 0 Å². The lowest BCUT2D eigenvalue weighted by molar-refractivity contribution is -0.136. The maximum absolute atomic E-state index is 14.9. The fourth-order valence-corrected chi connectivity index (χ4v) is 9.35. The van der Waals surface area contributed by atoms with Gasteiger partial charge in [0.2, 0.25) is 11.8 Å². The van der Waals surface area contributed by atoms with E-state index in [1.54, 1.807) is 25.3 Å². The van der Waals surface area contributed by atoms with Gasteiger partial charge in [0, 0.05) is 55.3 Å². The first-order valence-corrected chi connectivity index (χ1v) is 19.6. The predicted molar refractivity (Wildman–Crippen MR) is 206 cm³/mol. The molecular weight excluding hydrogens is 764 g/mol. The van der Waals surface area contributed by atoms with Crippen LogP contribution in [0.5, 0.6) is 11.5 Å². The smallest absolute Gasteiger partial charge is 0.262 e. The summed E-state index contributed by atoms with van der Waals surface area (Å²) < 4.78 is 27.1. The van der Waals surface area contributed by atoms with Crippen LogP contribution >= 0.6 is 23.2 Å². The molecule has 3 saturated heterocycles. The van der Waals surface area contributed by atoms with Crippen LogP contribution < -0.4 is 25.0 Å². The second kappa shape index (κ2) is 14.5. The molecule has 0 radical (unpaired) electrons. The Labute approximate surface area is 331 Å². The Hall–Kier alpha value is -5.05. The highest BCUT2D eigenvalue weighted by Crippen LogP contribution is 2.41. The van der Waals surface area contributed by atoms with Crippen LogP contribution in [0.1, 0.15) is 65.7 Å². The molecule has 4 fully saturated rings. The van der Waals surface area contributed by atoms with E-state index in [0.29, 0.717) is 57.3 Å². The molecule has 4 aliphatic heterocycles. The van der Waals surface area contributed by atoms with Crippen LogP contribution in [-0.4, -0.2) is 94.4 Å². The molecular formula is C40H38Cl2FN7O6. The van der Waals surface area contributed by atoms with Crippen molar-refractivity contribution in [2.75, 3.05) is 37.0 Å². The molecule has 3 aromatic carbocycles. The summed E-state index contributed by atoms with van der Waals surface area (Å²) in [6, 6.07) is 11.7. The zero-order valence-corrected chi connectivity index (χ0v) is 31.9. The highest BCUT2D eigenvalue weighted by atomic mass is 35.5. The summed E-state index contributed by atoms with van der Waals surface area (Å²) >= 11 is 12.0. The average molecular weight is 803 g/mol. The Morgan fingerprint density at radius 3 is 2.46 bits per heavy atom. The number of fused-ring (bicyclic) bond motifs is 4. The number of amides is 4. The molecule has 5 heterocycles. The Kier molecular flexibility index (Phi) is 9.45. The summed E-state index contributed by atoms with van der Waals surface area (Å²) in [6.07, 6.45) is 6.47. The average Bonchev–Trinajstić information content (AvgIpc) is 3.87. The maximum Gasteiger partial charge on any atom is 0.262 e. The standard InChI is InChI=1S/C40H38Cl2FN7O6/c1-55-32-15-30-27(37(45-19-44-30)46-29-9-8-28(41)35(42)36(29)43)14-33(32)56-24-5-2-20(3-6-24)16-48-17-23-12-22(48)18-49(23)21-4-7-25-26(13-21)40(54)50(39(25)53)31-10-11-34(51)47-38(31)52/h4,7-9,13-15,19-20,22-24,31H,2-3,5-6,10-12,16-18H2,1H3,(H,44,45,46)(H,47,51,52). The van der Waals surface area contributed by atoms with Gasteiger partial charge < -0.3 is 19.7 Å². The molecule has 1 aromatic heterocycles. The van der Waals surface area contributed by atoms with Gasteiger partial charge in [0.15, 0.2) is 17.3 Å². The SMILES string of the molecule is COc1cc2ncnc(Nc3ccc(Cl)c(Cl)c3F)c2cc1OC1CCC(CN2CC3CC2CN3c2ccc3c(c2)C(=O)N(C2CCC(=O)NC2=O)C3=O)CC1. The van der Waals surface area contributed by atoms with E-state index in [2.05, 4.69) is 30.4 Å². The number of hydrogen-bond acceptors (Lipinski definition) is 11. The molecule has 4 aromatic rings. The van der Waals surface area contributed by atoms with Crippen LogP contribution in [0, 0.1) is 11.7 Å². The summed E-state index contributed by atoms with van der Waals surface area (Å²) in [7, 11) is 1.59. The number of anilines is 3. The number of benzene rings is 3. The van der Waals surface area contributed by atoms with E-state index >= 15 is 0 Å². The van der Waals surface area contributed by atoms with E-state index in [1.165, 1.54) is 18.5 Å². The molecule has 2 bridgehead atoms. The maximum atomic E-state index is 14.9. The quantitative estimate of drug-likeness (QED) is 0.149. The van der Waals surface area contributed by atoms with Crippen molar-refractivity contribution in [3.63, 3.8) is 0 Å². The first kappa shape index (κ1) is 36.6. The van der Waals surface area contributed by atoms with Crippen molar-refractivity contribution < 1.29 is 33.0 Å². The number of rotatable bonds is 9. The summed E-state index contributed by atoms with van der Waals surface area (Å²) in [4.78, 5) is 65.4. The molecule has 16 heteroatoms. The Morgan fingerprint density at radius 1 is 0.911 bits per heavy atom. The van der Waals surface area contributed by atoms with Crippen molar-refractivity contribution in [2.45, 2.75) is 69.2 Å². The van der Waals surface area contributed by atoms with Crippen molar-refractivity contribution in [3.05, 3.63) is 75.8 Å². The van der Waals surface area contributed by atoms with Gasteiger partial charge in [-0.3, -0.25) is 34.3 Å². The Bertz CT molecular complexity index is 2310. The van der Waals surface area contributed by atoms with Crippen molar-refractivity contribution >= 4 is 74.9 Å². The lowest BCUT2D eigenvalue weighted by atomic mass is 9.86. The van der Waals surface area contributed by atoms with Gasteiger partial charge in [-0.05, 0) is 80.8 Å². The van der Waals surface area contributed by atoms with E-state index in [9.17, 15) is 23.6 Å². The monoisotopic (exact) mass is 801 g/mol. The molecule has 9 rings (SSSR count). The number of nitrogens with one attached hydrogen (secondary N) is 2. The molecule has 13 nitrogen and oxygen atoms in total. The number of aromatic nitrogens is 2. The molecule has 3 atom stereocenters. The summed E-state index contributed by atoms with van der Waals surface area (Å²) in [5.74, 6) is -0.631. The van der Waals surface area contributed by atoms with Gasteiger partial charge in [-0.2, -0.15) is 0 Å². The highest BCUT2D eigenvalue weighted by Gasteiger charge is 2.47. The summed E-state index contributed by atoms with van der Waals surface area (Å²) in [5, 5.41) is 5.85. The topological polar surface area (TPSA) is 146 Å². The first-order valence-electron chi connectivity index (χ1n) is 18.8.